The first kappa shape index (κ1) is 26.8. The van der Waals surface area contributed by atoms with Crippen molar-refractivity contribution in [2.75, 3.05) is 6.61 Å². The van der Waals surface area contributed by atoms with Crippen molar-refractivity contribution in [1.82, 2.24) is 10.2 Å². The van der Waals surface area contributed by atoms with Crippen LogP contribution in [-0.4, -0.2) is 35.4 Å². The average Bonchev–Trinajstić information content (AvgIpc) is 2.74. The molecule has 2 atom stereocenters. The molecule has 0 spiro atoms. The molecule has 1 N–H and O–H groups in total. The van der Waals surface area contributed by atoms with Gasteiger partial charge in [-0.25, -0.2) is 0 Å². The summed E-state index contributed by atoms with van der Waals surface area (Å²) in [6.45, 7) is 5.67. The van der Waals surface area contributed by atoms with Gasteiger partial charge in [0.25, 0.3) is 5.91 Å². The lowest BCUT2D eigenvalue weighted by atomic mass is 10.1. The SMILES string of the molecule is CC[C@H](C)NC(=O)[C@H](CC)N(Cc1ccc(Cl)cc1Cl)C(=O)COc1ccc(Cl)cc1Br. The molecule has 0 saturated heterocycles. The minimum Gasteiger partial charge on any atom is -0.483 e. The lowest BCUT2D eigenvalue weighted by molar-refractivity contribution is -0.143. The summed E-state index contributed by atoms with van der Waals surface area (Å²) in [4.78, 5) is 27.7. The molecule has 2 rings (SSSR count). The molecule has 174 valence electrons. The van der Waals surface area contributed by atoms with Crippen molar-refractivity contribution in [3.8, 4) is 5.75 Å². The number of amides is 2. The molecule has 0 fully saturated rings. The van der Waals surface area contributed by atoms with Gasteiger partial charge < -0.3 is 15.0 Å². The highest BCUT2D eigenvalue weighted by atomic mass is 79.9. The number of benzene rings is 2. The van der Waals surface area contributed by atoms with Gasteiger partial charge in [0.05, 0.1) is 4.47 Å². The zero-order valence-corrected chi connectivity index (χ0v) is 22.0. The van der Waals surface area contributed by atoms with Gasteiger partial charge in [-0.1, -0.05) is 54.7 Å². The van der Waals surface area contributed by atoms with Crippen LogP contribution in [0.3, 0.4) is 0 Å². The number of rotatable bonds is 10. The third-order valence-electron chi connectivity index (χ3n) is 4.99. The van der Waals surface area contributed by atoms with Crippen molar-refractivity contribution in [1.29, 1.82) is 0 Å². The van der Waals surface area contributed by atoms with Crippen molar-refractivity contribution in [3.05, 3.63) is 61.5 Å². The monoisotopic (exact) mass is 562 g/mol. The van der Waals surface area contributed by atoms with E-state index in [0.717, 1.165) is 6.42 Å². The number of nitrogens with zero attached hydrogens (tertiary/aromatic N) is 1. The number of halogens is 4. The van der Waals surface area contributed by atoms with Gasteiger partial charge in [-0.2, -0.15) is 0 Å². The van der Waals surface area contributed by atoms with Crippen molar-refractivity contribution in [3.63, 3.8) is 0 Å². The zero-order chi connectivity index (χ0) is 23.8. The summed E-state index contributed by atoms with van der Waals surface area (Å²) in [7, 11) is 0. The number of hydrogen-bond acceptors (Lipinski definition) is 3. The minimum atomic E-state index is -0.680. The predicted molar refractivity (Wildman–Crippen MR) is 134 cm³/mol. The number of carbonyl (C=O) groups is 2. The van der Waals surface area contributed by atoms with Gasteiger partial charge in [0, 0.05) is 27.7 Å². The molecule has 0 radical (unpaired) electrons. The molecule has 0 aliphatic rings. The van der Waals surface area contributed by atoms with Crippen LogP contribution in [0.25, 0.3) is 0 Å². The summed E-state index contributed by atoms with van der Waals surface area (Å²) in [5.74, 6) is -0.0821. The van der Waals surface area contributed by atoms with Crippen LogP contribution in [0.2, 0.25) is 15.1 Å². The number of nitrogens with one attached hydrogen (secondary N) is 1. The average molecular weight is 565 g/mol. The standard InChI is InChI=1S/C23H26BrCl3N2O3/c1-4-14(3)28-23(31)20(5-2)29(12-15-6-7-17(26)11-19(15)27)22(30)13-32-21-9-8-16(25)10-18(21)24/h6-11,14,20H,4-5,12-13H2,1-3H3,(H,28,31)/t14-,20-/m0/s1. The van der Waals surface area contributed by atoms with Crippen LogP contribution < -0.4 is 10.1 Å². The second kappa shape index (κ2) is 12.7. The molecule has 0 unspecified atom stereocenters. The Kier molecular flexibility index (Phi) is 10.6. The third-order valence-corrected chi connectivity index (χ3v) is 6.43. The summed E-state index contributed by atoms with van der Waals surface area (Å²) in [5, 5.41) is 4.43. The van der Waals surface area contributed by atoms with Crippen molar-refractivity contribution in [2.45, 2.75) is 52.2 Å². The molecule has 0 aromatic heterocycles. The summed E-state index contributed by atoms with van der Waals surface area (Å²) < 4.78 is 6.35. The first-order valence-electron chi connectivity index (χ1n) is 10.3. The maximum absolute atomic E-state index is 13.2. The van der Waals surface area contributed by atoms with E-state index in [1.54, 1.807) is 36.4 Å². The van der Waals surface area contributed by atoms with E-state index in [0.29, 0.717) is 37.3 Å². The molecule has 0 aliphatic carbocycles. The molecule has 0 heterocycles. The van der Waals surface area contributed by atoms with Gasteiger partial charge in [-0.15, -0.1) is 0 Å². The smallest absolute Gasteiger partial charge is 0.261 e. The summed E-state index contributed by atoms with van der Waals surface area (Å²) in [6.07, 6.45) is 1.22. The molecule has 2 amide bonds. The first-order valence-corrected chi connectivity index (χ1v) is 12.2. The molecule has 5 nitrogen and oxygen atoms in total. The molecule has 2 aromatic rings. The Morgan fingerprint density at radius 1 is 1.06 bits per heavy atom. The quantitative estimate of drug-likeness (QED) is 0.358. The number of ether oxygens (including phenoxy) is 1. The highest BCUT2D eigenvalue weighted by Crippen LogP contribution is 2.28. The first-order chi connectivity index (χ1) is 15.2. The van der Waals surface area contributed by atoms with E-state index in [4.69, 9.17) is 39.5 Å². The summed E-state index contributed by atoms with van der Waals surface area (Å²) >= 11 is 21.7. The van der Waals surface area contributed by atoms with Crippen LogP contribution in [0.15, 0.2) is 40.9 Å². The van der Waals surface area contributed by atoms with Crippen molar-refractivity contribution >= 4 is 62.5 Å². The second-order valence-corrected chi connectivity index (χ2v) is 9.50. The third kappa shape index (κ3) is 7.55. The van der Waals surface area contributed by atoms with Gasteiger partial charge >= 0.3 is 0 Å². The van der Waals surface area contributed by atoms with Crippen LogP contribution in [-0.2, 0) is 16.1 Å². The van der Waals surface area contributed by atoms with E-state index >= 15 is 0 Å². The van der Waals surface area contributed by atoms with Gasteiger partial charge in [0.1, 0.15) is 11.8 Å². The molecule has 32 heavy (non-hydrogen) atoms. The van der Waals surface area contributed by atoms with E-state index < -0.39 is 6.04 Å². The molecule has 0 bridgehead atoms. The van der Waals surface area contributed by atoms with Crippen LogP contribution in [0.1, 0.15) is 39.2 Å². The molecular formula is C23H26BrCl3N2O3. The number of hydrogen-bond donors (Lipinski definition) is 1. The van der Waals surface area contributed by atoms with Gasteiger partial charge in [-0.3, -0.25) is 9.59 Å². The molecule has 0 saturated carbocycles. The molecule has 0 aliphatic heterocycles. The highest BCUT2D eigenvalue weighted by molar-refractivity contribution is 9.10. The second-order valence-electron chi connectivity index (χ2n) is 7.36. The van der Waals surface area contributed by atoms with Crippen molar-refractivity contribution in [2.24, 2.45) is 0 Å². The minimum absolute atomic E-state index is 0.00565. The Balaban J connectivity index is 2.28. The van der Waals surface area contributed by atoms with E-state index in [1.165, 1.54) is 4.90 Å². The largest absolute Gasteiger partial charge is 0.483 e. The lowest BCUT2D eigenvalue weighted by Crippen LogP contribution is -2.51. The molecular weight excluding hydrogens is 539 g/mol. The van der Waals surface area contributed by atoms with Crippen LogP contribution in [0, 0.1) is 0 Å². The van der Waals surface area contributed by atoms with Crippen LogP contribution in [0.5, 0.6) is 5.75 Å². The maximum Gasteiger partial charge on any atom is 0.261 e. The van der Waals surface area contributed by atoms with Crippen molar-refractivity contribution < 1.29 is 14.3 Å². The Bertz CT molecular complexity index is 958. The summed E-state index contributed by atoms with van der Waals surface area (Å²) in [5.41, 5.74) is 0.687. The summed E-state index contributed by atoms with van der Waals surface area (Å²) in [6, 6.07) is 9.41. The maximum atomic E-state index is 13.2. The van der Waals surface area contributed by atoms with Crippen LogP contribution >= 0.6 is 50.7 Å². The Morgan fingerprint density at radius 2 is 1.72 bits per heavy atom. The zero-order valence-electron chi connectivity index (χ0n) is 18.1. The predicted octanol–water partition coefficient (Wildman–Crippen LogP) is 6.51. The highest BCUT2D eigenvalue weighted by Gasteiger charge is 2.30. The normalized spacial score (nSPS) is 12.7. The van der Waals surface area contributed by atoms with E-state index in [9.17, 15) is 9.59 Å². The van der Waals surface area contributed by atoms with E-state index in [1.807, 2.05) is 20.8 Å². The Labute approximate surface area is 212 Å². The van der Waals surface area contributed by atoms with Gasteiger partial charge in [0.2, 0.25) is 5.91 Å². The molecule has 9 heteroatoms. The van der Waals surface area contributed by atoms with E-state index in [-0.39, 0.29) is 31.0 Å². The fraction of sp³-hybridized carbons (Fsp3) is 0.391. The number of carbonyl (C=O) groups excluding carboxylic acids is 2. The Morgan fingerprint density at radius 3 is 2.31 bits per heavy atom. The fourth-order valence-electron chi connectivity index (χ4n) is 3.01. The van der Waals surface area contributed by atoms with Gasteiger partial charge in [-0.05, 0) is 71.6 Å². The Hall–Kier alpha value is -1.47. The van der Waals surface area contributed by atoms with Gasteiger partial charge in [0.15, 0.2) is 6.61 Å². The lowest BCUT2D eigenvalue weighted by Gasteiger charge is -2.31. The topological polar surface area (TPSA) is 58.6 Å². The van der Waals surface area contributed by atoms with Crippen LogP contribution in [0.4, 0.5) is 0 Å². The molecule has 2 aromatic carbocycles. The fourth-order valence-corrected chi connectivity index (χ4v) is 4.27. The van der Waals surface area contributed by atoms with E-state index in [2.05, 4.69) is 21.2 Å².